The minimum Gasteiger partial charge on any atom is -0.341 e. The molecule has 1 aliphatic carbocycles. The number of likely N-dealkylation sites (N-methyl/N-ethyl adjacent to an activating group) is 1. The topological polar surface area (TPSA) is 23.6 Å². The van der Waals surface area contributed by atoms with Crippen molar-refractivity contribution in [2.45, 2.75) is 51.5 Å². The lowest BCUT2D eigenvalue weighted by molar-refractivity contribution is -0.136. The van der Waals surface area contributed by atoms with E-state index in [2.05, 4.69) is 11.8 Å². The Morgan fingerprint density at radius 1 is 1.12 bits per heavy atom. The van der Waals surface area contributed by atoms with Gasteiger partial charge in [-0.05, 0) is 19.8 Å². The van der Waals surface area contributed by atoms with E-state index in [4.69, 9.17) is 0 Å². The molecule has 0 spiro atoms. The van der Waals surface area contributed by atoms with E-state index in [0.717, 1.165) is 19.6 Å². The van der Waals surface area contributed by atoms with E-state index in [1.165, 1.54) is 38.5 Å². The Balaban J connectivity index is 1.88. The molecule has 0 aromatic heterocycles. The molecule has 2 rings (SSSR count). The summed E-state index contributed by atoms with van der Waals surface area (Å²) < 4.78 is 0. The zero-order chi connectivity index (χ0) is 11.4. The van der Waals surface area contributed by atoms with Crippen LogP contribution in [0.25, 0.3) is 0 Å². The number of rotatable bonds is 2. The van der Waals surface area contributed by atoms with Gasteiger partial charge in [-0.1, -0.05) is 25.7 Å². The lowest BCUT2D eigenvalue weighted by Gasteiger charge is -2.38. The Labute approximate surface area is 98.8 Å². The molecule has 3 heteroatoms. The van der Waals surface area contributed by atoms with Crippen molar-refractivity contribution >= 4 is 5.91 Å². The van der Waals surface area contributed by atoms with Gasteiger partial charge in [-0.3, -0.25) is 9.69 Å². The molecule has 0 unspecified atom stereocenters. The van der Waals surface area contributed by atoms with Crippen molar-refractivity contribution in [3.05, 3.63) is 0 Å². The van der Waals surface area contributed by atoms with Gasteiger partial charge in [0.05, 0.1) is 6.54 Å². The third kappa shape index (κ3) is 2.76. The summed E-state index contributed by atoms with van der Waals surface area (Å²) in [5.74, 6) is 0.331. The highest BCUT2D eigenvalue weighted by atomic mass is 16.2. The minimum atomic E-state index is 0.331. The number of piperazine rings is 1. The highest BCUT2D eigenvalue weighted by molar-refractivity contribution is 5.79. The van der Waals surface area contributed by atoms with Crippen molar-refractivity contribution in [2.75, 3.05) is 26.2 Å². The quantitative estimate of drug-likeness (QED) is 0.669. The van der Waals surface area contributed by atoms with Crippen LogP contribution in [0.1, 0.15) is 45.4 Å². The average Bonchev–Trinajstić information content (AvgIpc) is 2.57. The minimum absolute atomic E-state index is 0.331. The second-order valence-electron chi connectivity index (χ2n) is 5.09. The summed E-state index contributed by atoms with van der Waals surface area (Å²) in [5, 5.41) is 0. The maximum atomic E-state index is 11.8. The van der Waals surface area contributed by atoms with E-state index in [-0.39, 0.29) is 0 Å². The van der Waals surface area contributed by atoms with Gasteiger partial charge in [0.2, 0.25) is 5.91 Å². The van der Waals surface area contributed by atoms with Crippen molar-refractivity contribution in [1.82, 2.24) is 9.80 Å². The van der Waals surface area contributed by atoms with E-state index in [0.29, 0.717) is 18.5 Å². The Morgan fingerprint density at radius 2 is 1.81 bits per heavy atom. The summed E-state index contributed by atoms with van der Waals surface area (Å²) in [6.45, 7) is 5.63. The molecule has 0 N–H and O–H groups in total. The van der Waals surface area contributed by atoms with Gasteiger partial charge in [-0.25, -0.2) is 0 Å². The molecule has 0 bridgehead atoms. The zero-order valence-electron chi connectivity index (χ0n) is 10.5. The lowest BCUT2D eigenvalue weighted by Crippen LogP contribution is -2.53. The van der Waals surface area contributed by atoms with Crippen LogP contribution in [0.15, 0.2) is 0 Å². The number of nitrogens with zero attached hydrogens (tertiary/aromatic N) is 2. The molecule has 2 aliphatic rings. The van der Waals surface area contributed by atoms with Gasteiger partial charge < -0.3 is 4.90 Å². The van der Waals surface area contributed by atoms with Crippen LogP contribution >= 0.6 is 0 Å². The summed E-state index contributed by atoms with van der Waals surface area (Å²) in [4.78, 5) is 16.3. The van der Waals surface area contributed by atoms with Crippen molar-refractivity contribution in [1.29, 1.82) is 0 Å². The van der Waals surface area contributed by atoms with E-state index in [1.54, 1.807) is 0 Å². The van der Waals surface area contributed by atoms with Crippen molar-refractivity contribution < 1.29 is 4.79 Å². The smallest absolute Gasteiger partial charge is 0.236 e. The molecule has 2 fully saturated rings. The van der Waals surface area contributed by atoms with E-state index < -0.39 is 0 Å². The van der Waals surface area contributed by atoms with Gasteiger partial charge in [0.25, 0.3) is 0 Å². The maximum absolute atomic E-state index is 11.8. The van der Waals surface area contributed by atoms with E-state index >= 15 is 0 Å². The molecule has 1 saturated carbocycles. The molecule has 92 valence electrons. The van der Waals surface area contributed by atoms with Crippen LogP contribution in [0.2, 0.25) is 0 Å². The monoisotopic (exact) mass is 224 g/mol. The fourth-order valence-electron chi connectivity index (χ4n) is 3.00. The Kier molecular flexibility index (Phi) is 4.22. The first-order valence-corrected chi connectivity index (χ1v) is 6.83. The number of carbonyl (C=O) groups excluding carboxylic acids is 1. The number of hydrogen-bond donors (Lipinski definition) is 0. The van der Waals surface area contributed by atoms with Crippen molar-refractivity contribution in [3.8, 4) is 0 Å². The molecule has 0 aromatic carbocycles. The normalized spacial score (nSPS) is 25.8. The van der Waals surface area contributed by atoms with Crippen LogP contribution in [0.5, 0.6) is 0 Å². The third-order valence-electron chi connectivity index (χ3n) is 4.07. The Morgan fingerprint density at radius 3 is 2.38 bits per heavy atom. The average molecular weight is 224 g/mol. The third-order valence-corrected chi connectivity index (χ3v) is 4.07. The molecule has 1 heterocycles. The summed E-state index contributed by atoms with van der Waals surface area (Å²) in [5.41, 5.74) is 0. The molecule has 0 radical (unpaired) electrons. The van der Waals surface area contributed by atoms with Gasteiger partial charge in [0.1, 0.15) is 0 Å². The van der Waals surface area contributed by atoms with E-state index in [9.17, 15) is 4.79 Å². The molecule has 1 saturated heterocycles. The van der Waals surface area contributed by atoms with Crippen LogP contribution in [0.4, 0.5) is 0 Å². The van der Waals surface area contributed by atoms with Crippen molar-refractivity contribution in [3.63, 3.8) is 0 Å². The molecule has 0 aromatic rings. The first-order valence-electron chi connectivity index (χ1n) is 6.83. The van der Waals surface area contributed by atoms with Gasteiger partial charge in [0.15, 0.2) is 0 Å². The van der Waals surface area contributed by atoms with Gasteiger partial charge in [0, 0.05) is 25.7 Å². The number of hydrogen-bond acceptors (Lipinski definition) is 2. The second-order valence-corrected chi connectivity index (χ2v) is 5.09. The van der Waals surface area contributed by atoms with Gasteiger partial charge in [-0.2, -0.15) is 0 Å². The second kappa shape index (κ2) is 5.67. The molecular formula is C13H24N2O. The van der Waals surface area contributed by atoms with Gasteiger partial charge in [-0.15, -0.1) is 0 Å². The summed E-state index contributed by atoms with van der Waals surface area (Å²) in [6, 6.07) is 0.686. The standard InChI is InChI=1S/C13H24N2O/c1-2-14-9-10-15(11-13(14)16)12-7-5-3-4-6-8-12/h12H,2-11H2,1H3. The molecule has 3 nitrogen and oxygen atoms in total. The molecule has 16 heavy (non-hydrogen) atoms. The predicted molar refractivity (Wildman–Crippen MR) is 65.3 cm³/mol. The number of carbonyl (C=O) groups is 1. The Bertz CT molecular complexity index is 234. The number of amides is 1. The molecule has 0 atom stereocenters. The van der Waals surface area contributed by atoms with Gasteiger partial charge >= 0.3 is 0 Å². The van der Waals surface area contributed by atoms with Crippen LogP contribution in [-0.4, -0.2) is 47.9 Å². The highest BCUT2D eigenvalue weighted by Gasteiger charge is 2.28. The summed E-state index contributed by atoms with van der Waals surface area (Å²) in [7, 11) is 0. The summed E-state index contributed by atoms with van der Waals surface area (Å²) in [6.07, 6.45) is 8.09. The predicted octanol–water partition coefficient (Wildman–Crippen LogP) is 1.87. The first kappa shape index (κ1) is 11.9. The first-order chi connectivity index (χ1) is 7.81. The van der Waals surface area contributed by atoms with Crippen LogP contribution in [0.3, 0.4) is 0 Å². The SMILES string of the molecule is CCN1CCN(C2CCCCCC2)CC1=O. The fourth-order valence-corrected chi connectivity index (χ4v) is 3.00. The molecular weight excluding hydrogens is 200 g/mol. The molecule has 1 amide bonds. The Hall–Kier alpha value is -0.570. The van der Waals surface area contributed by atoms with E-state index in [1.807, 2.05) is 4.90 Å². The molecule has 1 aliphatic heterocycles. The summed E-state index contributed by atoms with van der Waals surface area (Å²) >= 11 is 0. The van der Waals surface area contributed by atoms with Crippen LogP contribution in [-0.2, 0) is 4.79 Å². The van der Waals surface area contributed by atoms with Crippen molar-refractivity contribution in [2.24, 2.45) is 0 Å². The largest absolute Gasteiger partial charge is 0.341 e. The van der Waals surface area contributed by atoms with Crippen LogP contribution < -0.4 is 0 Å². The van der Waals surface area contributed by atoms with Crippen LogP contribution in [0, 0.1) is 0 Å². The fraction of sp³-hybridized carbons (Fsp3) is 0.923. The zero-order valence-corrected chi connectivity index (χ0v) is 10.5. The highest BCUT2D eigenvalue weighted by Crippen LogP contribution is 2.22. The lowest BCUT2D eigenvalue weighted by atomic mass is 10.1. The maximum Gasteiger partial charge on any atom is 0.236 e.